The molecule has 0 spiro atoms. The summed E-state index contributed by atoms with van der Waals surface area (Å²) in [5, 5.41) is 7.93. The number of thiophene rings is 1. The number of hydrogen-bond donors (Lipinski definition) is 0. The molecule has 5 heterocycles. The zero-order valence-electron chi connectivity index (χ0n) is 26.5. The summed E-state index contributed by atoms with van der Waals surface area (Å²) < 4.78 is 11.6. The summed E-state index contributed by atoms with van der Waals surface area (Å²) in [4.78, 5) is 46.0. The molecule has 0 radical (unpaired) electrons. The highest BCUT2D eigenvalue weighted by Gasteiger charge is 2.15. The number of hydrogen-bond acceptors (Lipinski definition) is 9. The van der Waals surface area contributed by atoms with E-state index in [4.69, 9.17) is 8.83 Å². The van der Waals surface area contributed by atoms with Crippen LogP contribution in [0.1, 0.15) is 0 Å². The van der Waals surface area contributed by atoms with Gasteiger partial charge in [0.25, 0.3) is 0 Å². The molecule has 0 aliphatic rings. The molecule has 0 aliphatic carbocycles. The standard InChI is InChI=1S/C42H22N4O4S/c47-41-31(16-26-10-9-23-5-3-4-8-30(23)40(26)50-41)33-19-44-34(20-43-33)35-21-46-36(22-45-35)39-12-11-38(51-39)32-17-29-15-27-13-24-6-1-2-7-25(24)14-28(27)18-37(29)49-42(32)48/h1-22H. The average Bonchev–Trinajstić information content (AvgIpc) is 3.66. The molecule has 240 valence electrons. The van der Waals surface area contributed by atoms with Crippen molar-refractivity contribution in [2.24, 2.45) is 0 Å². The number of fused-ring (bicyclic) bond motifs is 6. The van der Waals surface area contributed by atoms with Crippen molar-refractivity contribution >= 4 is 65.6 Å². The first-order chi connectivity index (χ1) is 25.0. The van der Waals surface area contributed by atoms with Crippen LogP contribution in [0.3, 0.4) is 0 Å². The predicted molar refractivity (Wildman–Crippen MR) is 202 cm³/mol. The van der Waals surface area contributed by atoms with Crippen LogP contribution >= 0.6 is 11.3 Å². The minimum atomic E-state index is -0.482. The summed E-state index contributed by atoms with van der Waals surface area (Å²) in [6.07, 6.45) is 6.40. The molecule has 0 N–H and O–H groups in total. The third-order valence-electron chi connectivity index (χ3n) is 9.15. The fraction of sp³-hybridized carbons (Fsp3) is 0. The van der Waals surface area contributed by atoms with Gasteiger partial charge in [-0.2, -0.15) is 0 Å². The monoisotopic (exact) mass is 678 g/mol. The van der Waals surface area contributed by atoms with Gasteiger partial charge in [0, 0.05) is 21.0 Å². The quantitative estimate of drug-likeness (QED) is 0.103. The van der Waals surface area contributed by atoms with Gasteiger partial charge < -0.3 is 8.83 Å². The fourth-order valence-corrected chi connectivity index (χ4v) is 7.54. The van der Waals surface area contributed by atoms with Crippen LogP contribution in [0.25, 0.3) is 97.9 Å². The molecule has 0 saturated heterocycles. The maximum atomic E-state index is 13.1. The van der Waals surface area contributed by atoms with Crippen LogP contribution in [0.15, 0.2) is 152 Å². The third kappa shape index (κ3) is 4.98. The normalized spacial score (nSPS) is 11.7. The summed E-state index contributed by atoms with van der Waals surface area (Å²) in [5.41, 5.74) is 3.14. The first kappa shape index (κ1) is 29.1. The Balaban J connectivity index is 0.920. The lowest BCUT2D eigenvalue weighted by atomic mass is 10.0. The van der Waals surface area contributed by atoms with Gasteiger partial charge in [-0.1, -0.05) is 60.7 Å². The summed E-state index contributed by atoms with van der Waals surface area (Å²) >= 11 is 1.44. The van der Waals surface area contributed by atoms with E-state index in [1.807, 2.05) is 72.8 Å². The summed E-state index contributed by atoms with van der Waals surface area (Å²) in [5.74, 6) is 0. The Morgan fingerprint density at radius 3 is 1.75 bits per heavy atom. The van der Waals surface area contributed by atoms with Crippen LogP contribution in [0, 0.1) is 0 Å². The van der Waals surface area contributed by atoms with E-state index in [0.29, 0.717) is 45.1 Å². The topological polar surface area (TPSA) is 112 Å². The van der Waals surface area contributed by atoms with E-state index in [9.17, 15) is 9.59 Å². The Morgan fingerprint density at radius 2 is 1.00 bits per heavy atom. The molecule has 5 aromatic carbocycles. The molecule has 51 heavy (non-hydrogen) atoms. The van der Waals surface area contributed by atoms with E-state index in [0.717, 1.165) is 52.8 Å². The minimum absolute atomic E-state index is 0.328. The lowest BCUT2D eigenvalue weighted by molar-refractivity contribution is 0.564. The average molecular weight is 679 g/mol. The van der Waals surface area contributed by atoms with Crippen molar-refractivity contribution < 1.29 is 8.83 Å². The number of benzene rings is 5. The molecule has 0 amide bonds. The van der Waals surface area contributed by atoms with Crippen molar-refractivity contribution in [1.82, 2.24) is 19.9 Å². The van der Waals surface area contributed by atoms with Gasteiger partial charge in [-0.05, 0) is 75.5 Å². The van der Waals surface area contributed by atoms with E-state index in [1.165, 1.54) is 17.5 Å². The molecule has 9 heteroatoms. The largest absolute Gasteiger partial charge is 0.422 e. The molecule has 0 saturated carbocycles. The molecule has 5 aromatic heterocycles. The van der Waals surface area contributed by atoms with Gasteiger partial charge in [0.1, 0.15) is 22.6 Å². The van der Waals surface area contributed by atoms with Gasteiger partial charge in [-0.3, -0.25) is 19.9 Å². The van der Waals surface area contributed by atoms with Crippen molar-refractivity contribution in [1.29, 1.82) is 0 Å². The highest BCUT2D eigenvalue weighted by Crippen LogP contribution is 2.35. The van der Waals surface area contributed by atoms with Gasteiger partial charge >= 0.3 is 11.3 Å². The maximum Gasteiger partial charge on any atom is 0.345 e. The number of rotatable bonds is 4. The van der Waals surface area contributed by atoms with E-state index < -0.39 is 11.3 Å². The zero-order chi connectivity index (χ0) is 34.1. The summed E-state index contributed by atoms with van der Waals surface area (Å²) in [6, 6.07) is 35.7. The van der Waals surface area contributed by atoms with E-state index in [2.05, 4.69) is 50.3 Å². The molecule has 10 rings (SSSR count). The van der Waals surface area contributed by atoms with Crippen molar-refractivity contribution in [3.8, 4) is 43.7 Å². The smallest absolute Gasteiger partial charge is 0.345 e. The summed E-state index contributed by atoms with van der Waals surface area (Å²) in [7, 11) is 0. The van der Waals surface area contributed by atoms with Crippen molar-refractivity contribution in [3.63, 3.8) is 0 Å². The highest BCUT2D eigenvalue weighted by molar-refractivity contribution is 7.18. The number of nitrogens with zero attached hydrogens (tertiary/aromatic N) is 4. The molecule has 8 nitrogen and oxygen atoms in total. The number of aromatic nitrogens is 4. The molecule has 0 atom stereocenters. The second-order valence-electron chi connectivity index (χ2n) is 12.3. The van der Waals surface area contributed by atoms with Gasteiger partial charge in [-0.15, -0.1) is 11.3 Å². The van der Waals surface area contributed by atoms with Gasteiger partial charge in [0.05, 0.1) is 52.2 Å². The molecule has 0 unspecified atom stereocenters. The SMILES string of the molecule is O=c1oc2c(ccc3ccccc32)cc1-c1cnc(-c2cnc(-c3ccc(-c4cc5cc6cc7ccccc7cc6cc5oc4=O)s3)cn2)cn1. The van der Waals surface area contributed by atoms with E-state index in [1.54, 1.807) is 24.7 Å². The van der Waals surface area contributed by atoms with Gasteiger partial charge in [0.2, 0.25) is 0 Å². The van der Waals surface area contributed by atoms with Crippen molar-refractivity contribution in [3.05, 3.63) is 155 Å². The Hall–Kier alpha value is -6.84. The molecular formula is C42H22N4O4S. The van der Waals surface area contributed by atoms with Crippen LogP contribution in [0.4, 0.5) is 0 Å². The van der Waals surface area contributed by atoms with Crippen LogP contribution < -0.4 is 11.3 Å². The summed E-state index contributed by atoms with van der Waals surface area (Å²) in [6.45, 7) is 0. The Bertz CT molecular complexity index is 3130. The van der Waals surface area contributed by atoms with Crippen LogP contribution in [-0.4, -0.2) is 19.9 Å². The lowest BCUT2D eigenvalue weighted by Crippen LogP contribution is -2.04. The Morgan fingerprint density at radius 1 is 0.431 bits per heavy atom. The lowest BCUT2D eigenvalue weighted by Gasteiger charge is -2.06. The molecule has 0 fully saturated rings. The van der Waals surface area contributed by atoms with E-state index >= 15 is 0 Å². The molecule has 0 bridgehead atoms. The predicted octanol–water partition coefficient (Wildman–Crippen LogP) is 9.67. The fourth-order valence-electron chi connectivity index (χ4n) is 6.57. The first-order valence-electron chi connectivity index (χ1n) is 16.2. The maximum absolute atomic E-state index is 13.1. The van der Waals surface area contributed by atoms with Gasteiger partial charge in [0.15, 0.2) is 0 Å². The van der Waals surface area contributed by atoms with Crippen LogP contribution in [0.5, 0.6) is 0 Å². The minimum Gasteiger partial charge on any atom is -0.422 e. The highest BCUT2D eigenvalue weighted by atomic mass is 32.1. The van der Waals surface area contributed by atoms with Crippen molar-refractivity contribution in [2.75, 3.05) is 0 Å². The van der Waals surface area contributed by atoms with Crippen molar-refractivity contribution in [2.45, 2.75) is 0 Å². The van der Waals surface area contributed by atoms with Crippen LogP contribution in [0.2, 0.25) is 0 Å². The zero-order valence-corrected chi connectivity index (χ0v) is 27.3. The molecule has 0 aliphatic heterocycles. The van der Waals surface area contributed by atoms with E-state index in [-0.39, 0.29) is 0 Å². The second-order valence-corrected chi connectivity index (χ2v) is 13.4. The van der Waals surface area contributed by atoms with Crippen LogP contribution in [-0.2, 0) is 0 Å². The second kappa shape index (κ2) is 11.4. The third-order valence-corrected chi connectivity index (χ3v) is 10.3. The Kier molecular flexibility index (Phi) is 6.49. The molecular weight excluding hydrogens is 657 g/mol. The Labute approximate surface area is 292 Å². The molecule has 10 aromatic rings. The first-order valence-corrected chi connectivity index (χ1v) is 17.0. The van der Waals surface area contributed by atoms with Gasteiger partial charge in [-0.25, -0.2) is 9.59 Å².